The molecule has 1 N–H and O–H groups in total. The van der Waals surface area contributed by atoms with Crippen molar-refractivity contribution in [2.45, 2.75) is 18.8 Å². The lowest BCUT2D eigenvalue weighted by molar-refractivity contribution is 0.463. The maximum Gasteiger partial charge on any atom is 0.0349 e. The smallest absolute Gasteiger partial charge is 0.0349 e. The number of nitrogens with zero attached hydrogens (tertiary/aromatic N) is 1. The standard InChI is InChI=1S/C14H16N2/c1-3-11-6-8-16-10-14(11)13(5-1)12-4-2-7-15-9-12/h1,3,5-6,8,10,12,15H,2,4,7,9H2. The molecule has 0 spiro atoms. The minimum absolute atomic E-state index is 0.654. The van der Waals surface area contributed by atoms with Gasteiger partial charge < -0.3 is 5.32 Å². The number of aromatic nitrogens is 1. The molecule has 0 aliphatic carbocycles. The maximum atomic E-state index is 4.25. The quantitative estimate of drug-likeness (QED) is 0.786. The summed E-state index contributed by atoms with van der Waals surface area (Å²) in [5.74, 6) is 0.654. The molecule has 1 atom stereocenters. The Hall–Kier alpha value is -1.41. The summed E-state index contributed by atoms with van der Waals surface area (Å²) >= 11 is 0. The van der Waals surface area contributed by atoms with Gasteiger partial charge in [-0.2, -0.15) is 0 Å². The lowest BCUT2D eigenvalue weighted by Gasteiger charge is -2.24. The highest BCUT2D eigenvalue weighted by molar-refractivity contribution is 5.85. The topological polar surface area (TPSA) is 24.9 Å². The van der Waals surface area contributed by atoms with Gasteiger partial charge in [0.15, 0.2) is 0 Å². The van der Waals surface area contributed by atoms with E-state index >= 15 is 0 Å². The van der Waals surface area contributed by atoms with E-state index in [1.165, 1.54) is 35.7 Å². The molecule has 1 saturated heterocycles. The number of rotatable bonds is 1. The minimum atomic E-state index is 0.654. The largest absolute Gasteiger partial charge is 0.316 e. The Labute approximate surface area is 95.7 Å². The monoisotopic (exact) mass is 212 g/mol. The van der Waals surface area contributed by atoms with Crippen molar-refractivity contribution in [3.63, 3.8) is 0 Å². The Morgan fingerprint density at radius 1 is 1.25 bits per heavy atom. The Morgan fingerprint density at radius 2 is 2.25 bits per heavy atom. The number of pyridine rings is 1. The van der Waals surface area contributed by atoms with Crippen LogP contribution in [0.5, 0.6) is 0 Å². The first-order valence-electron chi connectivity index (χ1n) is 5.98. The molecule has 2 heterocycles. The molecule has 1 aromatic heterocycles. The third-order valence-electron chi connectivity index (χ3n) is 3.45. The van der Waals surface area contributed by atoms with Crippen LogP contribution < -0.4 is 5.32 Å². The zero-order chi connectivity index (χ0) is 10.8. The number of benzene rings is 1. The van der Waals surface area contributed by atoms with Gasteiger partial charge in [0, 0.05) is 24.3 Å². The van der Waals surface area contributed by atoms with Crippen LogP contribution in [0.25, 0.3) is 10.8 Å². The van der Waals surface area contributed by atoms with Crippen LogP contribution in [0.2, 0.25) is 0 Å². The molecule has 82 valence electrons. The number of nitrogens with one attached hydrogen (secondary N) is 1. The summed E-state index contributed by atoms with van der Waals surface area (Å²) in [6.07, 6.45) is 6.44. The molecule has 0 saturated carbocycles. The van der Waals surface area contributed by atoms with Crippen LogP contribution in [-0.4, -0.2) is 18.1 Å². The summed E-state index contributed by atoms with van der Waals surface area (Å²) in [7, 11) is 0. The summed E-state index contributed by atoms with van der Waals surface area (Å²) in [5, 5.41) is 6.10. The molecule has 16 heavy (non-hydrogen) atoms. The average molecular weight is 212 g/mol. The van der Waals surface area contributed by atoms with Crippen molar-refractivity contribution in [2.75, 3.05) is 13.1 Å². The zero-order valence-corrected chi connectivity index (χ0v) is 9.32. The summed E-state index contributed by atoms with van der Waals surface area (Å²) in [4.78, 5) is 4.25. The van der Waals surface area contributed by atoms with Crippen LogP contribution in [0.15, 0.2) is 36.7 Å². The second-order valence-corrected chi connectivity index (χ2v) is 4.49. The first-order valence-corrected chi connectivity index (χ1v) is 5.98. The van der Waals surface area contributed by atoms with Crippen molar-refractivity contribution in [3.8, 4) is 0 Å². The molecule has 0 radical (unpaired) electrons. The van der Waals surface area contributed by atoms with Gasteiger partial charge in [-0.1, -0.05) is 18.2 Å². The van der Waals surface area contributed by atoms with Gasteiger partial charge >= 0.3 is 0 Å². The van der Waals surface area contributed by atoms with E-state index in [0.717, 1.165) is 6.54 Å². The molecule has 1 aliphatic heterocycles. The fraction of sp³-hybridized carbons (Fsp3) is 0.357. The van der Waals surface area contributed by atoms with Crippen LogP contribution in [-0.2, 0) is 0 Å². The van der Waals surface area contributed by atoms with Crippen molar-refractivity contribution in [3.05, 3.63) is 42.2 Å². The van der Waals surface area contributed by atoms with E-state index in [1.54, 1.807) is 0 Å². The van der Waals surface area contributed by atoms with Crippen molar-refractivity contribution in [2.24, 2.45) is 0 Å². The third-order valence-corrected chi connectivity index (χ3v) is 3.45. The van der Waals surface area contributed by atoms with E-state index in [4.69, 9.17) is 0 Å². The van der Waals surface area contributed by atoms with E-state index in [1.807, 2.05) is 12.4 Å². The van der Waals surface area contributed by atoms with E-state index in [0.29, 0.717) is 5.92 Å². The van der Waals surface area contributed by atoms with Gasteiger partial charge in [0.25, 0.3) is 0 Å². The molecule has 2 nitrogen and oxygen atoms in total. The lowest BCUT2D eigenvalue weighted by atomic mass is 9.89. The van der Waals surface area contributed by atoms with Crippen molar-refractivity contribution in [1.82, 2.24) is 10.3 Å². The number of hydrogen-bond donors (Lipinski definition) is 1. The number of hydrogen-bond acceptors (Lipinski definition) is 2. The Kier molecular flexibility index (Phi) is 2.58. The van der Waals surface area contributed by atoms with E-state index < -0.39 is 0 Å². The number of piperidine rings is 1. The molecule has 2 aromatic rings. The Balaban J connectivity index is 2.08. The molecule has 1 fully saturated rings. The first-order chi connectivity index (χ1) is 7.95. The summed E-state index contributed by atoms with van der Waals surface area (Å²) in [5.41, 5.74) is 1.46. The first kappa shape index (κ1) is 9.79. The molecule has 1 aliphatic rings. The highest BCUT2D eigenvalue weighted by Crippen LogP contribution is 2.29. The number of fused-ring (bicyclic) bond motifs is 1. The van der Waals surface area contributed by atoms with Crippen LogP contribution in [0.4, 0.5) is 0 Å². The van der Waals surface area contributed by atoms with E-state index in [9.17, 15) is 0 Å². The van der Waals surface area contributed by atoms with Crippen LogP contribution in [0.3, 0.4) is 0 Å². The van der Waals surface area contributed by atoms with Gasteiger partial charge in [0.1, 0.15) is 0 Å². The summed E-state index contributed by atoms with van der Waals surface area (Å²) in [6, 6.07) is 8.67. The fourth-order valence-electron chi connectivity index (χ4n) is 2.61. The van der Waals surface area contributed by atoms with Crippen molar-refractivity contribution >= 4 is 10.8 Å². The fourth-order valence-corrected chi connectivity index (χ4v) is 2.61. The zero-order valence-electron chi connectivity index (χ0n) is 9.32. The lowest BCUT2D eigenvalue weighted by Crippen LogP contribution is -2.28. The van der Waals surface area contributed by atoms with Crippen molar-refractivity contribution < 1.29 is 0 Å². The third kappa shape index (κ3) is 1.69. The molecule has 3 rings (SSSR count). The predicted molar refractivity (Wildman–Crippen MR) is 66.6 cm³/mol. The second-order valence-electron chi connectivity index (χ2n) is 4.49. The maximum absolute atomic E-state index is 4.25. The Bertz CT molecular complexity index is 482. The molecular weight excluding hydrogens is 196 g/mol. The van der Waals surface area contributed by atoms with Gasteiger partial charge in [-0.15, -0.1) is 0 Å². The summed E-state index contributed by atoms with van der Waals surface area (Å²) in [6.45, 7) is 2.27. The van der Waals surface area contributed by atoms with Crippen molar-refractivity contribution in [1.29, 1.82) is 0 Å². The Morgan fingerprint density at radius 3 is 3.12 bits per heavy atom. The van der Waals surface area contributed by atoms with E-state index in [-0.39, 0.29) is 0 Å². The van der Waals surface area contributed by atoms with Gasteiger partial charge in [-0.3, -0.25) is 4.98 Å². The highest BCUT2D eigenvalue weighted by atomic mass is 14.9. The second kappa shape index (κ2) is 4.22. The molecule has 1 aromatic carbocycles. The van der Waals surface area contributed by atoms with Crippen LogP contribution >= 0.6 is 0 Å². The molecular formula is C14H16N2. The van der Waals surface area contributed by atoms with E-state index in [2.05, 4.69) is 34.6 Å². The average Bonchev–Trinajstić information content (AvgIpc) is 2.39. The summed E-state index contributed by atoms with van der Waals surface area (Å²) < 4.78 is 0. The van der Waals surface area contributed by atoms with Crippen LogP contribution in [0.1, 0.15) is 24.3 Å². The van der Waals surface area contributed by atoms with Gasteiger partial charge in [-0.05, 0) is 42.3 Å². The predicted octanol–water partition coefficient (Wildman–Crippen LogP) is 2.70. The molecule has 0 bridgehead atoms. The molecule has 0 amide bonds. The van der Waals surface area contributed by atoms with Gasteiger partial charge in [-0.25, -0.2) is 0 Å². The molecule has 2 heteroatoms. The van der Waals surface area contributed by atoms with Crippen LogP contribution in [0, 0.1) is 0 Å². The normalized spacial score (nSPS) is 21.1. The van der Waals surface area contributed by atoms with Gasteiger partial charge in [0.2, 0.25) is 0 Å². The van der Waals surface area contributed by atoms with Gasteiger partial charge in [0.05, 0.1) is 0 Å². The minimum Gasteiger partial charge on any atom is -0.316 e. The SMILES string of the molecule is c1cc(C2CCCNC2)c2cnccc2c1. The highest BCUT2D eigenvalue weighted by Gasteiger charge is 2.16. The molecule has 1 unspecified atom stereocenters.